The first kappa shape index (κ1) is 19.1. The summed E-state index contributed by atoms with van der Waals surface area (Å²) >= 11 is 5.90. The van der Waals surface area contributed by atoms with Gasteiger partial charge in [-0.15, -0.1) is 0 Å². The Kier molecular flexibility index (Phi) is 5.67. The number of nitro groups is 1. The SMILES string of the molecule is O=C(Nc1cccc(N=Cc2cc([N+](=O)[O-])ccc2O)c1)c1cccc(Cl)c1. The summed E-state index contributed by atoms with van der Waals surface area (Å²) in [5.74, 6) is -0.445. The first-order valence-electron chi connectivity index (χ1n) is 8.11. The van der Waals surface area contributed by atoms with Gasteiger partial charge in [0.2, 0.25) is 0 Å². The molecule has 0 aliphatic rings. The molecular formula is C20H14ClN3O4. The number of hydrogen-bond donors (Lipinski definition) is 2. The number of nitrogens with zero attached hydrogens (tertiary/aromatic N) is 2. The molecule has 0 aromatic heterocycles. The Morgan fingerprint density at radius 1 is 1.11 bits per heavy atom. The zero-order valence-electron chi connectivity index (χ0n) is 14.4. The smallest absolute Gasteiger partial charge is 0.270 e. The van der Waals surface area contributed by atoms with E-state index in [9.17, 15) is 20.0 Å². The molecule has 0 unspecified atom stereocenters. The van der Waals surface area contributed by atoms with Gasteiger partial charge < -0.3 is 10.4 Å². The number of nitro benzene ring substituents is 1. The number of amides is 1. The molecule has 0 aliphatic heterocycles. The summed E-state index contributed by atoms with van der Waals surface area (Å²) in [7, 11) is 0. The van der Waals surface area contributed by atoms with Crippen molar-refractivity contribution in [3.8, 4) is 5.75 Å². The molecule has 0 radical (unpaired) electrons. The molecule has 28 heavy (non-hydrogen) atoms. The van der Waals surface area contributed by atoms with Crippen LogP contribution in [0.4, 0.5) is 17.1 Å². The van der Waals surface area contributed by atoms with E-state index in [1.807, 2.05) is 0 Å². The van der Waals surface area contributed by atoms with Gasteiger partial charge >= 0.3 is 0 Å². The number of rotatable bonds is 5. The number of anilines is 1. The summed E-state index contributed by atoms with van der Waals surface area (Å²) in [5.41, 5.74) is 1.49. The first-order chi connectivity index (χ1) is 13.4. The second-order valence-electron chi connectivity index (χ2n) is 5.77. The van der Waals surface area contributed by atoms with Crippen LogP contribution < -0.4 is 5.32 Å². The largest absolute Gasteiger partial charge is 0.507 e. The minimum Gasteiger partial charge on any atom is -0.507 e. The number of halogens is 1. The summed E-state index contributed by atoms with van der Waals surface area (Å²) in [6, 6.07) is 17.0. The highest BCUT2D eigenvalue weighted by Crippen LogP contribution is 2.23. The molecule has 2 N–H and O–H groups in total. The lowest BCUT2D eigenvalue weighted by Gasteiger charge is -2.06. The van der Waals surface area contributed by atoms with Crippen LogP contribution in [0, 0.1) is 10.1 Å². The number of nitrogens with one attached hydrogen (secondary N) is 1. The fourth-order valence-electron chi connectivity index (χ4n) is 2.40. The fraction of sp³-hybridized carbons (Fsp3) is 0. The van der Waals surface area contributed by atoms with E-state index >= 15 is 0 Å². The molecule has 0 atom stereocenters. The van der Waals surface area contributed by atoms with E-state index in [1.165, 1.54) is 24.4 Å². The molecule has 140 valence electrons. The molecule has 0 spiro atoms. The van der Waals surface area contributed by atoms with Crippen molar-refractivity contribution in [1.29, 1.82) is 0 Å². The predicted octanol–water partition coefficient (Wildman–Crippen LogP) is 4.96. The summed E-state index contributed by atoms with van der Waals surface area (Å²) < 4.78 is 0. The van der Waals surface area contributed by atoms with Gasteiger partial charge in [0.1, 0.15) is 5.75 Å². The molecule has 8 heteroatoms. The van der Waals surface area contributed by atoms with Gasteiger partial charge in [-0.25, -0.2) is 0 Å². The molecule has 0 saturated carbocycles. The maximum atomic E-state index is 12.3. The van der Waals surface area contributed by atoms with Crippen molar-refractivity contribution in [3.05, 3.63) is 93.0 Å². The lowest BCUT2D eigenvalue weighted by atomic mass is 10.2. The Labute approximate surface area is 165 Å². The van der Waals surface area contributed by atoms with Gasteiger partial charge in [-0.2, -0.15) is 0 Å². The second-order valence-corrected chi connectivity index (χ2v) is 6.21. The Hall–Kier alpha value is -3.71. The van der Waals surface area contributed by atoms with Gasteiger partial charge in [0.05, 0.1) is 10.6 Å². The van der Waals surface area contributed by atoms with Crippen LogP contribution in [0.3, 0.4) is 0 Å². The number of aliphatic imine (C=N–C) groups is 1. The molecule has 0 saturated heterocycles. The lowest BCUT2D eigenvalue weighted by molar-refractivity contribution is -0.384. The van der Waals surface area contributed by atoms with Crippen molar-refractivity contribution >= 4 is 40.8 Å². The average Bonchev–Trinajstić information content (AvgIpc) is 2.67. The van der Waals surface area contributed by atoms with E-state index in [1.54, 1.807) is 48.5 Å². The summed E-state index contributed by atoms with van der Waals surface area (Å²) in [6.07, 6.45) is 1.32. The van der Waals surface area contributed by atoms with Gasteiger partial charge in [-0.3, -0.25) is 19.9 Å². The number of phenols is 1. The molecule has 3 aromatic carbocycles. The van der Waals surface area contributed by atoms with Crippen molar-refractivity contribution in [2.24, 2.45) is 4.99 Å². The predicted molar refractivity (Wildman–Crippen MR) is 108 cm³/mol. The summed E-state index contributed by atoms with van der Waals surface area (Å²) in [6.45, 7) is 0. The van der Waals surface area contributed by atoms with E-state index < -0.39 is 4.92 Å². The van der Waals surface area contributed by atoms with E-state index in [2.05, 4.69) is 10.3 Å². The molecule has 0 bridgehead atoms. The standard InChI is InChI=1S/C20H14ClN3O4/c21-15-4-1-3-13(9-15)20(26)23-17-6-2-5-16(11-17)22-12-14-10-18(24(27)28)7-8-19(14)25/h1-12,25H,(H,23,26). The number of hydrogen-bond acceptors (Lipinski definition) is 5. The Bertz CT molecular complexity index is 1080. The Balaban J connectivity index is 1.78. The van der Waals surface area contributed by atoms with Gasteiger partial charge in [0, 0.05) is 40.2 Å². The number of carbonyl (C=O) groups is 1. The fourth-order valence-corrected chi connectivity index (χ4v) is 2.59. The zero-order chi connectivity index (χ0) is 20.1. The van der Waals surface area contributed by atoms with E-state index in [0.29, 0.717) is 22.0 Å². The number of carbonyl (C=O) groups excluding carboxylic acids is 1. The van der Waals surface area contributed by atoms with Crippen molar-refractivity contribution < 1.29 is 14.8 Å². The normalized spacial score (nSPS) is 10.8. The Morgan fingerprint density at radius 3 is 2.64 bits per heavy atom. The third kappa shape index (κ3) is 4.72. The molecule has 0 heterocycles. The average molecular weight is 396 g/mol. The highest BCUT2D eigenvalue weighted by atomic mass is 35.5. The van der Waals surface area contributed by atoms with Crippen LogP contribution in [0.25, 0.3) is 0 Å². The quantitative estimate of drug-likeness (QED) is 0.362. The highest BCUT2D eigenvalue weighted by molar-refractivity contribution is 6.31. The van der Waals surface area contributed by atoms with Crippen molar-refractivity contribution in [1.82, 2.24) is 0 Å². The van der Waals surface area contributed by atoms with Gasteiger partial charge in [0.15, 0.2) is 0 Å². The molecule has 3 aromatic rings. The third-order valence-electron chi connectivity index (χ3n) is 3.77. The van der Waals surface area contributed by atoms with E-state index in [-0.39, 0.29) is 22.9 Å². The molecular weight excluding hydrogens is 382 g/mol. The monoisotopic (exact) mass is 395 g/mol. The minimum absolute atomic E-state index is 0.125. The maximum absolute atomic E-state index is 12.3. The van der Waals surface area contributed by atoms with Crippen molar-refractivity contribution in [2.45, 2.75) is 0 Å². The molecule has 3 rings (SSSR count). The number of phenolic OH excluding ortho intramolecular Hbond substituents is 1. The third-order valence-corrected chi connectivity index (χ3v) is 4.00. The van der Waals surface area contributed by atoms with Gasteiger partial charge in [0.25, 0.3) is 11.6 Å². The maximum Gasteiger partial charge on any atom is 0.270 e. The van der Waals surface area contributed by atoms with Crippen molar-refractivity contribution in [3.63, 3.8) is 0 Å². The van der Waals surface area contributed by atoms with Crippen LogP contribution in [-0.4, -0.2) is 22.2 Å². The zero-order valence-corrected chi connectivity index (χ0v) is 15.1. The van der Waals surface area contributed by atoms with Crippen LogP contribution in [0.2, 0.25) is 5.02 Å². The summed E-state index contributed by atoms with van der Waals surface area (Å²) in [5, 5.41) is 23.9. The van der Waals surface area contributed by atoms with Crippen LogP contribution in [0.5, 0.6) is 5.75 Å². The molecule has 0 aliphatic carbocycles. The molecule has 0 fully saturated rings. The van der Waals surface area contributed by atoms with Gasteiger partial charge in [-0.1, -0.05) is 23.7 Å². The van der Waals surface area contributed by atoms with Crippen LogP contribution in [0.15, 0.2) is 71.7 Å². The number of non-ortho nitro benzene ring substituents is 1. The van der Waals surface area contributed by atoms with Crippen LogP contribution in [-0.2, 0) is 0 Å². The van der Waals surface area contributed by atoms with Crippen LogP contribution in [0.1, 0.15) is 15.9 Å². The second kappa shape index (κ2) is 8.32. The minimum atomic E-state index is -0.553. The molecule has 1 amide bonds. The van der Waals surface area contributed by atoms with Crippen LogP contribution >= 0.6 is 11.6 Å². The van der Waals surface area contributed by atoms with Crippen molar-refractivity contribution in [2.75, 3.05) is 5.32 Å². The van der Waals surface area contributed by atoms with E-state index in [4.69, 9.17) is 11.6 Å². The number of aromatic hydroxyl groups is 1. The Morgan fingerprint density at radius 2 is 1.89 bits per heavy atom. The highest BCUT2D eigenvalue weighted by Gasteiger charge is 2.09. The summed E-state index contributed by atoms with van der Waals surface area (Å²) in [4.78, 5) is 26.8. The topological polar surface area (TPSA) is 105 Å². The molecule has 7 nitrogen and oxygen atoms in total. The van der Waals surface area contributed by atoms with E-state index in [0.717, 1.165) is 0 Å². The van der Waals surface area contributed by atoms with Gasteiger partial charge in [-0.05, 0) is 42.5 Å². The lowest BCUT2D eigenvalue weighted by Crippen LogP contribution is -2.11. The number of benzene rings is 3. The first-order valence-corrected chi connectivity index (χ1v) is 8.48.